The van der Waals surface area contributed by atoms with Crippen molar-refractivity contribution in [3.63, 3.8) is 0 Å². The van der Waals surface area contributed by atoms with Crippen LogP contribution in [0.3, 0.4) is 0 Å². The SMILES string of the molecule is CCCCSCCN1CC[C@H](CCCc2c(Cl)cnc3ccc(OC)cc23)[C@H](C(=O)O)C1. The maximum absolute atomic E-state index is 12.0. The molecule has 1 aromatic carbocycles. The number of piperidine rings is 1. The summed E-state index contributed by atoms with van der Waals surface area (Å²) >= 11 is 8.48. The number of fused-ring (bicyclic) bond motifs is 1. The number of aliphatic carboxylic acids is 1. The van der Waals surface area contributed by atoms with Crippen molar-refractivity contribution in [1.29, 1.82) is 0 Å². The number of hydrogen-bond acceptors (Lipinski definition) is 5. The summed E-state index contributed by atoms with van der Waals surface area (Å²) in [5.41, 5.74) is 1.97. The molecule has 1 aliphatic rings. The van der Waals surface area contributed by atoms with Gasteiger partial charge in [0.15, 0.2) is 0 Å². The summed E-state index contributed by atoms with van der Waals surface area (Å²) < 4.78 is 5.37. The molecule has 1 N–H and O–H groups in total. The number of ether oxygens (including phenoxy) is 1. The van der Waals surface area contributed by atoms with Crippen molar-refractivity contribution in [3.8, 4) is 5.75 Å². The van der Waals surface area contributed by atoms with Crippen LogP contribution in [0.2, 0.25) is 5.02 Å². The number of unbranched alkanes of at least 4 members (excludes halogenated alkanes) is 1. The van der Waals surface area contributed by atoms with Gasteiger partial charge in [-0.15, -0.1) is 0 Å². The average Bonchev–Trinajstić information content (AvgIpc) is 2.80. The van der Waals surface area contributed by atoms with E-state index in [1.54, 1.807) is 13.3 Å². The standard InChI is InChI=1S/C25H35ClN2O3S/c1-3-4-13-32-14-12-28-11-10-18(22(17-28)25(29)30)6-5-7-20-21-15-19(31-2)8-9-24(21)27-16-23(20)26/h8-9,15-16,18,22H,3-7,10-14,17H2,1-2H3,(H,29,30)/t18-,22+/m0/s1. The summed E-state index contributed by atoms with van der Waals surface area (Å²) in [6, 6.07) is 5.84. The third-order valence-electron chi connectivity index (χ3n) is 6.49. The molecule has 2 atom stereocenters. The predicted molar refractivity (Wildman–Crippen MR) is 134 cm³/mol. The number of aromatic nitrogens is 1. The number of methoxy groups -OCH3 is 1. The Morgan fingerprint density at radius 3 is 2.94 bits per heavy atom. The van der Waals surface area contributed by atoms with E-state index in [-0.39, 0.29) is 11.8 Å². The summed E-state index contributed by atoms with van der Waals surface area (Å²) in [5.74, 6) is 2.36. The molecule has 0 unspecified atom stereocenters. The van der Waals surface area contributed by atoms with Crippen LogP contribution in [0.25, 0.3) is 10.9 Å². The predicted octanol–water partition coefficient (Wildman–Crippen LogP) is 5.78. The van der Waals surface area contributed by atoms with Crippen molar-refractivity contribution in [2.75, 3.05) is 38.2 Å². The highest BCUT2D eigenvalue weighted by molar-refractivity contribution is 7.99. The average molecular weight is 479 g/mol. The van der Waals surface area contributed by atoms with Gasteiger partial charge >= 0.3 is 5.97 Å². The second kappa shape index (κ2) is 12.7. The second-order valence-corrected chi connectivity index (χ2v) is 10.3. The van der Waals surface area contributed by atoms with Crippen molar-refractivity contribution in [3.05, 3.63) is 35.0 Å². The number of hydrogen-bond donors (Lipinski definition) is 1. The molecule has 0 saturated carbocycles. The molecule has 1 saturated heterocycles. The van der Waals surface area contributed by atoms with Gasteiger partial charge in [-0.1, -0.05) is 24.9 Å². The summed E-state index contributed by atoms with van der Waals surface area (Å²) in [5, 5.41) is 11.5. The van der Waals surface area contributed by atoms with Crippen LogP contribution in [0.15, 0.2) is 24.4 Å². The van der Waals surface area contributed by atoms with Crippen LogP contribution in [0.4, 0.5) is 0 Å². The zero-order valence-electron chi connectivity index (χ0n) is 19.2. The maximum atomic E-state index is 12.0. The minimum absolute atomic E-state index is 0.220. The van der Waals surface area contributed by atoms with Crippen LogP contribution in [0, 0.1) is 11.8 Å². The van der Waals surface area contributed by atoms with Gasteiger partial charge in [-0.25, -0.2) is 0 Å². The molecule has 0 spiro atoms. The number of carbonyl (C=O) groups is 1. The molecule has 1 fully saturated rings. The van der Waals surface area contributed by atoms with Gasteiger partial charge in [-0.3, -0.25) is 9.78 Å². The molecule has 5 nitrogen and oxygen atoms in total. The summed E-state index contributed by atoms with van der Waals surface area (Å²) in [4.78, 5) is 18.8. The number of likely N-dealkylation sites (tertiary alicyclic amines) is 1. The molecular formula is C25H35ClN2O3S. The third-order valence-corrected chi connectivity index (χ3v) is 7.86. The largest absolute Gasteiger partial charge is 0.497 e. The lowest BCUT2D eigenvalue weighted by atomic mass is 9.81. The normalized spacial score (nSPS) is 19.3. The molecule has 0 radical (unpaired) electrons. The summed E-state index contributed by atoms with van der Waals surface area (Å²) in [7, 11) is 1.65. The molecule has 2 heterocycles. The van der Waals surface area contributed by atoms with Gasteiger partial charge in [0.2, 0.25) is 0 Å². The van der Waals surface area contributed by atoms with Crippen molar-refractivity contribution in [2.45, 2.75) is 45.4 Å². The monoisotopic (exact) mass is 478 g/mol. The van der Waals surface area contributed by atoms with Gasteiger partial charge in [0.05, 0.1) is 23.6 Å². The van der Waals surface area contributed by atoms with Gasteiger partial charge in [0, 0.05) is 30.4 Å². The van der Waals surface area contributed by atoms with Crippen LogP contribution >= 0.6 is 23.4 Å². The van der Waals surface area contributed by atoms with Crippen molar-refractivity contribution < 1.29 is 14.6 Å². The number of aryl methyl sites for hydroxylation is 1. The van der Waals surface area contributed by atoms with E-state index in [1.165, 1.54) is 18.6 Å². The Balaban J connectivity index is 1.56. The second-order valence-electron chi connectivity index (χ2n) is 8.62. The summed E-state index contributed by atoms with van der Waals surface area (Å²) in [6.07, 6.45) is 7.78. The van der Waals surface area contributed by atoms with E-state index < -0.39 is 5.97 Å². The highest BCUT2D eigenvalue weighted by atomic mass is 35.5. The number of pyridine rings is 1. The third kappa shape index (κ3) is 6.75. The first-order valence-electron chi connectivity index (χ1n) is 11.7. The fourth-order valence-corrected chi connectivity index (χ4v) is 5.89. The lowest BCUT2D eigenvalue weighted by Crippen LogP contribution is -2.44. The van der Waals surface area contributed by atoms with E-state index in [0.29, 0.717) is 11.6 Å². The zero-order chi connectivity index (χ0) is 22.9. The number of benzene rings is 1. The number of nitrogens with zero attached hydrogens (tertiary/aromatic N) is 2. The van der Waals surface area contributed by atoms with Crippen LogP contribution in [0.1, 0.15) is 44.6 Å². The first kappa shape index (κ1) is 25.1. The summed E-state index contributed by atoms with van der Waals surface area (Å²) in [6.45, 7) is 4.87. The molecule has 1 aliphatic heterocycles. The Morgan fingerprint density at radius 1 is 1.34 bits per heavy atom. The van der Waals surface area contributed by atoms with Crippen LogP contribution in [-0.2, 0) is 11.2 Å². The van der Waals surface area contributed by atoms with E-state index >= 15 is 0 Å². The Hall–Kier alpha value is -1.50. The highest BCUT2D eigenvalue weighted by Gasteiger charge is 2.33. The molecule has 1 aromatic heterocycles. The smallest absolute Gasteiger partial charge is 0.308 e. The molecule has 32 heavy (non-hydrogen) atoms. The first-order valence-corrected chi connectivity index (χ1v) is 13.2. The molecule has 0 amide bonds. The van der Waals surface area contributed by atoms with Gasteiger partial charge in [-0.2, -0.15) is 11.8 Å². The molecule has 2 aromatic rings. The topological polar surface area (TPSA) is 62.7 Å². The van der Waals surface area contributed by atoms with Crippen LogP contribution < -0.4 is 4.74 Å². The van der Waals surface area contributed by atoms with Crippen molar-refractivity contribution in [2.24, 2.45) is 11.8 Å². The number of rotatable bonds is 12. The highest BCUT2D eigenvalue weighted by Crippen LogP contribution is 2.32. The number of carboxylic acid groups (broad SMARTS) is 1. The maximum Gasteiger partial charge on any atom is 0.308 e. The number of carboxylic acids is 1. The van der Waals surface area contributed by atoms with Gasteiger partial charge < -0.3 is 14.7 Å². The van der Waals surface area contributed by atoms with Gasteiger partial charge in [-0.05, 0) is 74.1 Å². The minimum Gasteiger partial charge on any atom is -0.497 e. The lowest BCUT2D eigenvalue weighted by Gasteiger charge is -2.36. The van der Waals surface area contributed by atoms with Gasteiger partial charge in [0.1, 0.15) is 5.75 Å². The molecule has 3 rings (SSSR count). The molecule has 0 aliphatic carbocycles. The van der Waals surface area contributed by atoms with Crippen molar-refractivity contribution in [1.82, 2.24) is 9.88 Å². The Labute approximate surface area is 200 Å². The Bertz CT molecular complexity index is 895. The zero-order valence-corrected chi connectivity index (χ0v) is 20.8. The Kier molecular flexibility index (Phi) is 9.94. The van der Waals surface area contributed by atoms with E-state index in [9.17, 15) is 9.90 Å². The lowest BCUT2D eigenvalue weighted by molar-refractivity contribution is -0.146. The van der Waals surface area contributed by atoms with Crippen LogP contribution in [-0.4, -0.2) is 59.2 Å². The van der Waals surface area contributed by atoms with Gasteiger partial charge in [0.25, 0.3) is 0 Å². The fraction of sp³-hybridized carbons (Fsp3) is 0.600. The van der Waals surface area contributed by atoms with E-state index in [0.717, 1.165) is 66.7 Å². The van der Waals surface area contributed by atoms with Crippen molar-refractivity contribution >= 4 is 40.2 Å². The molecule has 176 valence electrons. The molecular weight excluding hydrogens is 444 g/mol. The van der Waals surface area contributed by atoms with E-state index in [1.807, 2.05) is 30.0 Å². The van der Waals surface area contributed by atoms with E-state index in [2.05, 4.69) is 16.8 Å². The van der Waals surface area contributed by atoms with E-state index in [4.69, 9.17) is 16.3 Å². The quantitative estimate of drug-likeness (QED) is 0.390. The Morgan fingerprint density at radius 2 is 2.19 bits per heavy atom. The minimum atomic E-state index is -0.657. The molecule has 0 bridgehead atoms. The van der Waals surface area contributed by atoms with Crippen LogP contribution in [0.5, 0.6) is 5.75 Å². The first-order chi connectivity index (χ1) is 15.5. The fourth-order valence-electron chi connectivity index (χ4n) is 4.56. The number of thioether (sulfide) groups is 1. The number of halogens is 1. The molecule has 7 heteroatoms.